The molecule has 2 atom stereocenters. The molecule has 0 saturated carbocycles. The minimum Gasteiger partial charge on any atom is -0.369 e. The summed E-state index contributed by atoms with van der Waals surface area (Å²) >= 11 is 0. The van der Waals surface area contributed by atoms with Crippen molar-refractivity contribution in [3.05, 3.63) is 16.3 Å². The first-order valence-corrected chi connectivity index (χ1v) is 8.72. The van der Waals surface area contributed by atoms with Crippen LogP contribution in [-0.2, 0) is 29.1 Å². The molecule has 2 aliphatic heterocycles. The SMILES string of the molecule is CC1CCC(C(N)=O)CN1C(=O)Cn1nc2n(c1=O)CCCCC2. The maximum atomic E-state index is 12.6. The van der Waals surface area contributed by atoms with Gasteiger partial charge in [-0.25, -0.2) is 9.48 Å². The Labute approximate surface area is 140 Å². The predicted molar refractivity (Wildman–Crippen MR) is 87.1 cm³/mol. The number of primary amides is 1. The highest BCUT2D eigenvalue weighted by atomic mass is 16.2. The summed E-state index contributed by atoms with van der Waals surface area (Å²) in [6.07, 6.45) is 5.32. The molecule has 1 aromatic heterocycles. The predicted octanol–water partition coefficient (Wildman–Crippen LogP) is -0.116. The molecule has 0 aromatic carbocycles. The molecule has 2 aliphatic rings. The molecule has 2 N–H and O–H groups in total. The van der Waals surface area contributed by atoms with Crippen LogP contribution in [-0.4, -0.2) is 43.6 Å². The maximum Gasteiger partial charge on any atom is 0.346 e. The summed E-state index contributed by atoms with van der Waals surface area (Å²) in [6, 6.07) is 0.0456. The van der Waals surface area contributed by atoms with E-state index in [4.69, 9.17) is 5.73 Å². The largest absolute Gasteiger partial charge is 0.369 e. The van der Waals surface area contributed by atoms with Gasteiger partial charge < -0.3 is 10.6 Å². The first-order chi connectivity index (χ1) is 11.5. The molecule has 1 saturated heterocycles. The Bertz CT molecular complexity index is 692. The average molecular weight is 335 g/mol. The number of nitrogens with two attached hydrogens (primary N) is 1. The molecule has 2 amide bonds. The van der Waals surface area contributed by atoms with Crippen LogP contribution in [0.15, 0.2) is 4.79 Å². The lowest BCUT2D eigenvalue weighted by molar-refractivity contribution is -0.138. The third-order valence-corrected chi connectivity index (χ3v) is 5.17. The Morgan fingerprint density at radius 3 is 2.79 bits per heavy atom. The zero-order chi connectivity index (χ0) is 17.3. The van der Waals surface area contributed by atoms with Gasteiger partial charge >= 0.3 is 5.69 Å². The molecule has 0 bridgehead atoms. The van der Waals surface area contributed by atoms with Gasteiger partial charge in [0.25, 0.3) is 0 Å². The van der Waals surface area contributed by atoms with Crippen molar-refractivity contribution in [2.24, 2.45) is 11.7 Å². The number of hydrogen-bond acceptors (Lipinski definition) is 4. The molecule has 0 spiro atoms. The van der Waals surface area contributed by atoms with Crippen LogP contribution in [0.3, 0.4) is 0 Å². The number of likely N-dealkylation sites (tertiary alicyclic amines) is 1. The second kappa shape index (κ2) is 6.78. The van der Waals surface area contributed by atoms with Crippen molar-refractivity contribution in [1.29, 1.82) is 0 Å². The number of rotatable bonds is 3. The number of piperidine rings is 1. The van der Waals surface area contributed by atoms with Crippen molar-refractivity contribution in [1.82, 2.24) is 19.2 Å². The van der Waals surface area contributed by atoms with E-state index in [-0.39, 0.29) is 36.0 Å². The smallest absolute Gasteiger partial charge is 0.346 e. The van der Waals surface area contributed by atoms with Crippen molar-refractivity contribution in [3.63, 3.8) is 0 Å². The van der Waals surface area contributed by atoms with Gasteiger partial charge in [-0.05, 0) is 32.6 Å². The third-order valence-electron chi connectivity index (χ3n) is 5.17. The van der Waals surface area contributed by atoms with Gasteiger partial charge in [-0.1, -0.05) is 6.42 Å². The Kier molecular flexibility index (Phi) is 4.73. The summed E-state index contributed by atoms with van der Waals surface area (Å²) in [5, 5.41) is 4.35. The van der Waals surface area contributed by atoms with Crippen LogP contribution in [0.2, 0.25) is 0 Å². The van der Waals surface area contributed by atoms with Gasteiger partial charge in [0.1, 0.15) is 12.4 Å². The zero-order valence-electron chi connectivity index (χ0n) is 14.1. The van der Waals surface area contributed by atoms with Crippen LogP contribution in [0.25, 0.3) is 0 Å². The lowest BCUT2D eigenvalue weighted by Crippen LogP contribution is -2.50. The summed E-state index contributed by atoms with van der Waals surface area (Å²) in [5.41, 5.74) is 5.17. The van der Waals surface area contributed by atoms with Crippen LogP contribution in [0.1, 0.15) is 44.9 Å². The topological polar surface area (TPSA) is 103 Å². The number of nitrogens with zero attached hydrogens (tertiary/aromatic N) is 4. The molecule has 132 valence electrons. The summed E-state index contributed by atoms with van der Waals surface area (Å²) in [4.78, 5) is 38.2. The van der Waals surface area contributed by atoms with E-state index in [1.807, 2.05) is 6.92 Å². The Morgan fingerprint density at radius 1 is 1.25 bits per heavy atom. The number of fused-ring (bicyclic) bond motifs is 1. The van der Waals surface area contributed by atoms with Crippen molar-refractivity contribution in [2.45, 2.75) is 64.6 Å². The molecule has 8 heteroatoms. The molecule has 3 heterocycles. The van der Waals surface area contributed by atoms with Gasteiger partial charge in [0.05, 0.1) is 5.92 Å². The van der Waals surface area contributed by atoms with E-state index >= 15 is 0 Å². The van der Waals surface area contributed by atoms with Gasteiger partial charge in [0.15, 0.2) is 0 Å². The van der Waals surface area contributed by atoms with Gasteiger partial charge in [0, 0.05) is 25.6 Å². The zero-order valence-corrected chi connectivity index (χ0v) is 14.1. The van der Waals surface area contributed by atoms with Gasteiger partial charge in [0.2, 0.25) is 11.8 Å². The minimum atomic E-state index is -0.370. The van der Waals surface area contributed by atoms with E-state index in [2.05, 4.69) is 5.10 Å². The van der Waals surface area contributed by atoms with Gasteiger partial charge in [-0.2, -0.15) is 5.10 Å². The molecule has 3 rings (SSSR count). The Morgan fingerprint density at radius 2 is 2.04 bits per heavy atom. The number of amides is 2. The highest BCUT2D eigenvalue weighted by Crippen LogP contribution is 2.22. The number of carbonyl (C=O) groups excluding carboxylic acids is 2. The normalized spacial score (nSPS) is 24.3. The van der Waals surface area contributed by atoms with E-state index in [9.17, 15) is 14.4 Å². The lowest BCUT2D eigenvalue weighted by Gasteiger charge is -2.36. The summed E-state index contributed by atoms with van der Waals surface area (Å²) in [7, 11) is 0. The molecule has 24 heavy (non-hydrogen) atoms. The summed E-state index contributed by atoms with van der Waals surface area (Å²) in [5.74, 6) is -0.0815. The summed E-state index contributed by atoms with van der Waals surface area (Å²) < 4.78 is 2.95. The third kappa shape index (κ3) is 3.22. The van der Waals surface area contributed by atoms with Crippen molar-refractivity contribution < 1.29 is 9.59 Å². The van der Waals surface area contributed by atoms with Crippen LogP contribution >= 0.6 is 0 Å². The second-order valence-corrected chi connectivity index (χ2v) is 6.89. The number of hydrogen-bond donors (Lipinski definition) is 1. The Hall–Kier alpha value is -2.12. The number of aromatic nitrogens is 3. The average Bonchev–Trinajstić information content (AvgIpc) is 2.73. The Balaban J connectivity index is 1.75. The van der Waals surface area contributed by atoms with E-state index in [0.717, 1.165) is 37.9 Å². The molecular weight excluding hydrogens is 310 g/mol. The van der Waals surface area contributed by atoms with Crippen LogP contribution in [0, 0.1) is 5.92 Å². The monoisotopic (exact) mass is 335 g/mol. The van der Waals surface area contributed by atoms with Crippen molar-refractivity contribution in [2.75, 3.05) is 6.54 Å². The lowest BCUT2D eigenvalue weighted by atomic mass is 9.93. The fraction of sp³-hybridized carbons (Fsp3) is 0.750. The molecule has 8 nitrogen and oxygen atoms in total. The number of aryl methyl sites for hydroxylation is 1. The van der Waals surface area contributed by atoms with Crippen LogP contribution in [0.4, 0.5) is 0 Å². The molecule has 0 radical (unpaired) electrons. The molecule has 1 fully saturated rings. The maximum absolute atomic E-state index is 12.6. The van der Waals surface area contributed by atoms with Crippen LogP contribution < -0.4 is 11.4 Å². The fourth-order valence-electron chi connectivity index (χ4n) is 3.63. The fourth-order valence-corrected chi connectivity index (χ4v) is 3.63. The van der Waals surface area contributed by atoms with Gasteiger partial charge in [-0.15, -0.1) is 0 Å². The van der Waals surface area contributed by atoms with Crippen LogP contribution in [0.5, 0.6) is 0 Å². The van der Waals surface area contributed by atoms with E-state index in [1.165, 1.54) is 4.68 Å². The second-order valence-electron chi connectivity index (χ2n) is 6.89. The quantitative estimate of drug-likeness (QED) is 0.832. The highest BCUT2D eigenvalue weighted by molar-refractivity contribution is 5.80. The summed E-state index contributed by atoms with van der Waals surface area (Å²) in [6.45, 7) is 2.89. The molecule has 0 aliphatic carbocycles. The highest BCUT2D eigenvalue weighted by Gasteiger charge is 2.32. The van der Waals surface area contributed by atoms with Gasteiger partial charge in [-0.3, -0.25) is 14.2 Å². The van der Waals surface area contributed by atoms with Crippen molar-refractivity contribution in [3.8, 4) is 0 Å². The molecular formula is C16H25N5O3. The first kappa shape index (κ1) is 16.7. The first-order valence-electron chi connectivity index (χ1n) is 8.72. The molecule has 1 aromatic rings. The minimum absolute atomic E-state index is 0.0456. The van der Waals surface area contributed by atoms with Crippen molar-refractivity contribution >= 4 is 11.8 Å². The van der Waals surface area contributed by atoms with E-state index in [0.29, 0.717) is 19.5 Å². The molecule has 2 unspecified atom stereocenters. The number of carbonyl (C=O) groups is 2. The standard InChI is InChI=1S/C16H25N5O3/c1-11-6-7-12(15(17)23)9-20(11)14(22)10-21-16(24)19-8-4-2-3-5-13(19)18-21/h11-12H,2-10H2,1H3,(H2,17,23). The van der Waals surface area contributed by atoms with E-state index < -0.39 is 0 Å². The van der Waals surface area contributed by atoms with E-state index in [1.54, 1.807) is 9.47 Å².